The second kappa shape index (κ2) is 8.09. The van der Waals surface area contributed by atoms with Gasteiger partial charge >= 0.3 is 0 Å². The van der Waals surface area contributed by atoms with E-state index in [9.17, 15) is 0 Å². The predicted octanol–water partition coefficient (Wildman–Crippen LogP) is 5.81. The summed E-state index contributed by atoms with van der Waals surface area (Å²) in [5.41, 5.74) is 5.26. The van der Waals surface area contributed by atoms with Gasteiger partial charge in [-0.3, -0.25) is 0 Å². The highest BCUT2D eigenvalue weighted by Gasteiger charge is 2.06. The third kappa shape index (κ3) is 4.78. The number of benzene rings is 2. The first-order valence-electron chi connectivity index (χ1n) is 8.07. The van der Waals surface area contributed by atoms with E-state index in [1.54, 1.807) is 11.3 Å². The summed E-state index contributed by atoms with van der Waals surface area (Å²) in [4.78, 5) is 0. The van der Waals surface area contributed by atoms with Gasteiger partial charge in [-0.05, 0) is 58.8 Å². The van der Waals surface area contributed by atoms with Crippen LogP contribution in [0.3, 0.4) is 0 Å². The molecule has 3 rings (SSSR count). The number of rotatable bonds is 7. The molecular weight excluding hydrogens is 300 g/mol. The number of aryl methyl sites for hydroxylation is 2. The van der Waals surface area contributed by atoms with Crippen molar-refractivity contribution < 1.29 is 4.74 Å². The summed E-state index contributed by atoms with van der Waals surface area (Å²) in [6.45, 7) is 2.77. The molecule has 0 radical (unpaired) electrons. The van der Waals surface area contributed by atoms with Gasteiger partial charge in [0.05, 0.1) is 12.7 Å². The predicted molar refractivity (Wildman–Crippen MR) is 97.8 cm³/mol. The third-order valence-electron chi connectivity index (χ3n) is 4.08. The van der Waals surface area contributed by atoms with Crippen molar-refractivity contribution in [2.24, 2.45) is 0 Å². The fraction of sp³-hybridized carbons (Fsp3) is 0.238. The Labute approximate surface area is 142 Å². The van der Waals surface area contributed by atoms with Crippen molar-refractivity contribution in [2.75, 3.05) is 0 Å². The van der Waals surface area contributed by atoms with E-state index >= 15 is 0 Å². The highest BCUT2D eigenvalue weighted by Crippen LogP contribution is 2.21. The maximum absolute atomic E-state index is 5.95. The number of ether oxygens (including phenoxy) is 1. The topological polar surface area (TPSA) is 9.23 Å². The van der Waals surface area contributed by atoms with Gasteiger partial charge in [-0.25, -0.2) is 0 Å². The Morgan fingerprint density at radius 1 is 0.826 bits per heavy atom. The quantitative estimate of drug-likeness (QED) is 0.533. The molecule has 1 aromatic heterocycles. The molecule has 3 aromatic rings. The summed E-state index contributed by atoms with van der Waals surface area (Å²) < 4.78 is 5.95. The van der Waals surface area contributed by atoms with Crippen LogP contribution >= 0.6 is 11.3 Å². The zero-order valence-corrected chi connectivity index (χ0v) is 14.3. The largest absolute Gasteiger partial charge is 0.369 e. The van der Waals surface area contributed by atoms with Crippen LogP contribution in [0.15, 0.2) is 71.4 Å². The Hall–Kier alpha value is -1.90. The van der Waals surface area contributed by atoms with Crippen molar-refractivity contribution in [1.29, 1.82) is 0 Å². The van der Waals surface area contributed by atoms with E-state index in [0.29, 0.717) is 6.61 Å². The van der Waals surface area contributed by atoms with E-state index < -0.39 is 0 Å². The van der Waals surface area contributed by atoms with Crippen LogP contribution < -0.4 is 0 Å². The molecular formula is C21H22OS. The van der Waals surface area contributed by atoms with E-state index in [-0.39, 0.29) is 6.10 Å². The van der Waals surface area contributed by atoms with Crippen LogP contribution in [0, 0.1) is 0 Å². The van der Waals surface area contributed by atoms with Gasteiger partial charge in [0, 0.05) is 0 Å². The minimum Gasteiger partial charge on any atom is -0.369 e. The maximum Gasteiger partial charge on any atom is 0.0809 e. The molecule has 1 heterocycles. The van der Waals surface area contributed by atoms with Gasteiger partial charge in [0.2, 0.25) is 0 Å². The lowest BCUT2D eigenvalue weighted by Crippen LogP contribution is -1.99. The molecule has 0 saturated carbocycles. The first-order chi connectivity index (χ1) is 11.3. The van der Waals surface area contributed by atoms with Crippen LogP contribution in [0.2, 0.25) is 0 Å². The highest BCUT2D eigenvalue weighted by atomic mass is 32.1. The Kier molecular flexibility index (Phi) is 5.62. The zero-order chi connectivity index (χ0) is 15.9. The van der Waals surface area contributed by atoms with Gasteiger partial charge in [-0.2, -0.15) is 11.3 Å². The van der Waals surface area contributed by atoms with Gasteiger partial charge < -0.3 is 4.74 Å². The molecule has 0 spiro atoms. The summed E-state index contributed by atoms with van der Waals surface area (Å²) in [5, 5.41) is 4.24. The minimum absolute atomic E-state index is 0.152. The third-order valence-corrected chi connectivity index (χ3v) is 4.78. The van der Waals surface area contributed by atoms with Crippen molar-refractivity contribution >= 4 is 11.3 Å². The van der Waals surface area contributed by atoms with Crippen LogP contribution in [-0.4, -0.2) is 0 Å². The molecule has 0 aliphatic heterocycles. The summed E-state index contributed by atoms with van der Waals surface area (Å²) in [7, 11) is 0. The molecule has 1 nitrogen and oxygen atoms in total. The fourth-order valence-electron chi connectivity index (χ4n) is 2.56. The molecule has 2 heteroatoms. The molecule has 0 N–H and O–H groups in total. The van der Waals surface area contributed by atoms with Crippen molar-refractivity contribution in [3.63, 3.8) is 0 Å². The van der Waals surface area contributed by atoms with Crippen molar-refractivity contribution in [2.45, 2.75) is 32.5 Å². The van der Waals surface area contributed by atoms with Crippen LogP contribution in [0.4, 0.5) is 0 Å². The monoisotopic (exact) mass is 322 g/mol. The van der Waals surface area contributed by atoms with Crippen molar-refractivity contribution in [3.8, 4) is 0 Å². The average Bonchev–Trinajstić information content (AvgIpc) is 3.14. The van der Waals surface area contributed by atoms with E-state index in [4.69, 9.17) is 4.74 Å². The Balaban J connectivity index is 1.49. The molecule has 0 bridgehead atoms. The summed E-state index contributed by atoms with van der Waals surface area (Å²) >= 11 is 1.72. The van der Waals surface area contributed by atoms with Gasteiger partial charge in [0.25, 0.3) is 0 Å². The maximum atomic E-state index is 5.95. The van der Waals surface area contributed by atoms with Crippen molar-refractivity contribution in [3.05, 3.63) is 93.7 Å². The molecule has 0 fully saturated rings. The zero-order valence-electron chi connectivity index (χ0n) is 13.4. The van der Waals surface area contributed by atoms with Crippen molar-refractivity contribution in [1.82, 2.24) is 0 Å². The molecule has 118 valence electrons. The van der Waals surface area contributed by atoms with Crippen LogP contribution in [0.25, 0.3) is 0 Å². The Morgan fingerprint density at radius 3 is 2.13 bits per heavy atom. The summed E-state index contributed by atoms with van der Waals surface area (Å²) in [5.74, 6) is 0. The molecule has 0 amide bonds. The van der Waals surface area contributed by atoms with Crippen LogP contribution in [0.1, 0.15) is 35.3 Å². The first-order valence-corrected chi connectivity index (χ1v) is 9.01. The standard InChI is InChI=1S/C21H22OS/c1-17(21-13-14-23-16-21)22-15-20-11-9-19(10-12-20)8-7-18-5-3-2-4-6-18/h2-6,9-14,16-17H,7-8,15H2,1H3. The SMILES string of the molecule is CC(OCc1ccc(CCc2ccccc2)cc1)c1ccsc1. The second-order valence-electron chi connectivity index (χ2n) is 5.81. The van der Waals surface area contributed by atoms with E-state index in [0.717, 1.165) is 12.8 Å². The van der Waals surface area contributed by atoms with Gasteiger partial charge in [0.1, 0.15) is 0 Å². The van der Waals surface area contributed by atoms with Gasteiger partial charge in [-0.15, -0.1) is 0 Å². The van der Waals surface area contributed by atoms with Crippen LogP contribution in [0.5, 0.6) is 0 Å². The molecule has 23 heavy (non-hydrogen) atoms. The average molecular weight is 322 g/mol. The lowest BCUT2D eigenvalue weighted by molar-refractivity contribution is 0.0528. The first kappa shape index (κ1) is 16.0. The van der Waals surface area contributed by atoms with Crippen LogP contribution in [-0.2, 0) is 24.2 Å². The Morgan fingerprint density at radius 2 is 1.48 bits per heavy atom. The lowest BCUT2D eigenvalue weighted by atomic mass is 10.0. The normalized spacial score (nSPS) is 12.2. The highest BCUT2D eigenvalue weighted by molar-refractivity contribution is 7.07. The number of thiophene rings is 1. The number of hydrogen-bond acceptors (Lipinski definition) is 2. The van der Waals surface area contributed by atoms with E-state index in [1.165, 1.54) is 22.3 Å². The fourth-order valence-corrected chi connectivity index (χ4v) is 3.30. The molecule has 1 atom stereocenters. The van der Waals surface area contributed by atoms with Gasteiger partial charge in [0.15, 0.2) is 0 Å². The summed E-state index contributed by atoms with van der Waals surface area (Å²) in [6.07, 6.45) is 2.32. The Bertz CT molecular complexity index is 686. The molecule has 1 unspecified atom stereocenters. The lowest BCUT2D eigenvalue weighted by Gasteiger charge is -2.12. The number of hydrogen-bond donors (Lipinski definition) is 0. The van der Waals surface area contributed by atoms with E-state index in [1.807, 2.05) is 0 Å². The smallest absolute Gasteiger partial charge is 0.0809 e. The van der Waals surface area contributed by atoms with Gasteiger partial charge in [-0.1, -0.05) is 54.6 Å². The molecule has 0 aliphatic rings. The molecule has 2 aromatic carbocycles. The second-order valence-corrected chi connectivity index (χ2v) is 6.59. The molecule has 0 saturated heterocycles. The summed E-state index contributed by atoms with van der Waals surface area (Å²) in [6, 6.07) is 21.6. The minimum atomic E-state index is 0.152. The van der Waals surface area contributed by atoms with E-state index in [2.05, 4.69) is 78.3 Å². The molecule has 0 aliphatic carbocycles.